The van der Waals surface area contributed by atoms with Crippen LogP contribution in [-0.4, -0.2) is 9.97 Å². The summed E-state index contributed by atoms with van der Waals surface area (Å²) in [6.45, 7) is 0. The number of hydrogen-bond donors (Lipinski definition) is 0. The second-order valence-electron chi connectivity index (χ2n) is 3.60. The average Bonchev–Trinajstić information content (AvgIpc) is 2.82. The number of rotatable bonds is 0. The molecule has 0 bridgehead atoms. The van der Waals surface area contributed by atoms with Crippen molar-refractivity contribution < 1.29 is 4.42 Å². The maximum absolute atomic E-state index is 5.57. The molecule has 0 unspecified atom stereocenters. The third-order valence-corrected chi connectivity index (χ3v) is 2.97. The maximum atomic E-state index is 5.57. The largest absolute Gasteiger partial charge is 0.429 e. The number of aromatic nitrogens is 2. The number of pyridine rings is 1. The summed E-state index contributed by atoms with van der Waals surface area (Å²) in [5.41, 5.74) is 2.34. The summed E-state index contributed by atoms with van der Waals surface area (Å²) in [6.07, 6.45) is 3.41. The minimum atomic E-state index is 0.403. The summed E-state index contributed by atoms with van der Waals surface area (Å²) < 4.78 is 6.45. The summed E-state index contributed by atoms with van der Waals surface area (Å²) in [4.78, 5) is 8.29. The van der Waals surface area contributed by atoms with Gasteiger partial charge in [0.05, 0.1) is 4.47 Å². The molecule has 4 heteroatoms. The van der Waals surface area contributed by atoms with Crippen molar-refractivity contribution in [3.8, 4) is 11.8 Å². The van der Waals surface area contributed by atoms with Gasteiger partial charge in [-0.05, 0) is 46.1 Å². The van der Waals surface area contributed by atoms with Crippen molar-refractivity contribution in [3.05, 3.63) is 58.7 Å². The van der Waals surface area contributed by atoms with E-state index in [0.717, 1.165) is 15.6 Å². The summed E-state index contributed by atoms with van der Waals surface area (Å²) in [6, 6.07) is 9.43. The van der Waals surface area contributed by atoms with Crippen LogP contribution in [0.3, 0.4) is 0 Å². The van der Waals surface area contributed by atoms with Gasteiger partial charge in [0.2, 0.25) is 0 Å². The lowest BCUT2D eigenvalue weighted by atomic mass is 10.3. The van der Waals surface area contributed by atoms with Crippen LogP contribution < -0.4 is 0 Å². The van der Waals surface area contributed by atoms with Gasteiger partial charge in [-0.15, -0.1) is 0 Å². The number of benzene rings is 1. The fourth-order valence-corrected chi connectivity index (χ4v) is 1.97. The molecule has 3 aromatic rings. The van der Waals surface area contributed by atoms with E-state index < -0.39 is 0 Å². The van der Waals surface area contributed by atoms with Gasteiger partial charge in [0.1, 0.15) is 5.52 Å². The highest BCUT2D eigenvalue weighted by molar-refractivity contribution is 9.10. The van der Waals surface area contributed by atoms with Crippen molar-refractivity contribution in [2.45, 2.75) is 0 Å². The van der Waals surface area contributed by atoms with Gasteiger partial charge in [-0.1, -0.05) is 12.0 Å². The Morgan fingerprint density at radius 2 is 2.06 bits per heavy atom. The predicted molar refractivity (Wildman–Crippen MR) is 71.9 cm³/mol. The molecule has 0 N–H and O–H groups in total. The molecule has 0 amide bonds. The predicted octanol–water partition coefficient (Wildman–Crippen LogP) is 3.39. The first-order valence-electron chi connectivity index (χ1n) is 5.30. The Labute approximate surface area is 112 Å². The second kappa shape index (κ2) is 4.63. The monoisotopic (exact) mass is 298 g/mol. The Morgan fingerprint density at radius 1 is 1.11 bits per heavy atom. The quantitative estimate of drug-likeness (QED) is 0.597. The Balaban J connectivity index is 2.02. The standard InChI is InChI=1S/C14H7BrN2O/c15-11-4-1-5-12-14(11)18-13(17-12)7-6-10-3-2-8-16-9-10/h1-5,8-9H. The van der Waals surface area contributed by atoms with E-state index in [4.69, 9.17) is 4.42 Å². The molecule has 0 aliphatic rings. The minimum Gasteiger partial charge on any atom is -0.429 e. The lowest BCUT2D eigenvalue weighted by Crippen LogP contribution is -1.76. The van der Waals surface area contributed by atoms with E-state index in [1.165, 1.54) is 0 Å². The second-order valence-corrected chi connectivity index (χ2v) is 4.45. The highest BCUT2D eigenvalue weighted by Gasteiger charge is 2.05. The molecule has 0 fully saturated rings. The highest BCUT2D eigenvalue weighted by atomic mass is 79.9. The number of para-hydroxylation sites is 1. The number of nitrogens with zero attached hydrogens (tertiary/aromatic N) is 2. The van der Waals surface area contributed by atoms with Crippen LogP contribution in [0.15, 0.2) is 51.6 Å². The van der Waals surface area contributed by atoms with E-state index in [0.29, 0.717) is 11.5 Å². The average molecular weight is 299 g/mol. The fourth-order valence-electron chi connectivity index (χ4n) is 1.53. The van der Waals surface area contributed by atoms with Crippen LogP contribution >= 0.6 is 15.9 Å². The SMILES string of the molecule is Brc1cccc2nc(C#Cc3cccnc3)oc12. The van der Waals surface area contributed by atoms with Gasteiger partial charge < -0.3 is 4.42 Å². The molecule has 0 spiro atoms. The number of oxazole rings is 1. The Kier molecular flexibility index (Phi) is 2.83. The Morgan fingerprint density at radius 3 is 2.83 bits per heavy atom. The Bertz CT molecular complexity index is 754. The zero-order valence-electron chi connectivity index (χ0n) is 9.22. The first kappa shape index (κ1) is 11.0. The van der Waals surface area contributed by atoms with Crippen LogP contribution in [0.5, 0.6) is 0 Å². The van der Waals surface area contributed by atoms with Gasteiger partial charge in [0.15, 0.2) is 5.58 Å². The van der Waals surface area contributed by atoms with Crippen LogP contribution in [0.4, 0.5) is 0 Å². The van der Waals surface area contributed by atoms with Crippen LogP contribution in [0.2, 0.25) is 0 Å². The maximum Gasteiger partial charge on any atom is 0.274 e. The van der Waals surface area contributed by atoms with Gasteiger partial charge in [-0.25, -0.2) is 4.98 Å². The number of hydrogen-bond acceptors (Lipinski definition) is 3. The normalized spacial score (nSPS) is 10.1. The van der Waals surface area contributed by atoms with Crippen molar-refractivity contribution >= 4 is 27.0 Å². The molecular weight excluding hydrogens is 292 g/mol. The minimum absolute atomic E-state index is 0.403. The number of halogens is 1. The van der Waals surface area contributed by atoms with Crippen molar-refractivity contribution in [1.29, 1.82) is 0 Å². The molecule has 0 saturated carbocycles. The van der Waals surface area contributed by atoms with E-state index >= 15 is 0 Å². The molecule has 3 rings (SSSR count). The molecule has 0 saturated heterocycles. The van der Waals surface area contributed by atoms with Crippen LogP contribution in [-0.2, 0) is 0 Å². The van der Waals surface area contributed by atoms with Gasteiger partial charge in [-0.2, -0.15) is 0 Å². The Hall–Kier alpha value is -2.12. The molecule has 86 valence electrons. The van der Waals surface area contributed by atoms with Crippen molar-refractivity contribution in [1.82, 2.24) is 9.97 Å². The fraction of sp³-hybridized carbons (Fsp3) is 0. The molecule has 18 heavy (non-hydrogen) atoms. The van der Waals surface area contributed by atoms with Gasteiger partial charge >= 0.3 is 0 Å². The molecule has 0 aliphatic heterocycles. The summed E-state index contributed by atoms with van der Waals surface area (Å²) in [7, 11) is 0. The van der Waals surface area contributed by atoms with Gasteiger partial charge in [0, 0.05) is 18.0 Å². The topological polar surface area (TPSA) is 38.9 Å². The first-order chi connectivity index (χ1) is 8.83. The van der Waals surface area contributed by atoms with E-state index in [2.05, 4.69) is 37.7 Å². The summed E-state index contributed by atoms with van der Waals surface area (Å²) >= 11 is 3.41. The molecule has 0 radical (unpaired) electrons. The first-order valence-corrected chi connectivity index (χ1v) is 6.09. The van der Waals surface area contributed by atoms with Crippen LogP contribution in [0.25, 0.3) is 11.1 Å². The molecule has 2 heterocycles. The van der Waals surface area contributed by atoms with E-state index in [1.54, 1.807) is 12.4 Å². The lowest BCUT2D eigenvalue weighted by Gasteiger charge is -1.87. The van der Waals surface area contributed by atoms with E-state index in [1.807, 2.05) is 30.3 Å². The molecule has 1 aromatic carbocycles. The van der Waals surface area contributed by atoms with Crippen molar-refractivity contribution in [2.24, 2.45) is 0 Å². The van der Waals surface area contributed by atoms with E-state index in [9.17, 15) is 0 Å². The smallest absolute Gasteiger partial charge is 0.274 e. The molecule has 0 aliphatic carbocycles. The van der Waals surface area contributed by atoms with Gasteiger partial charge in [0.25, 0.3) is 5.89 Å². The molecule has 0 atom stereocenters. The van der Waals surface area contributed by atoms with E-state index in [-0.39, 0.29) is 0 Å². The molecular formula is C14H7BrN2O. The summed E-state index contributed by atoms with van der Waals surface area (Å²) in [5.74, 6) is 6.25. The summed E-state index contributed by atoms with van der Waals surface area (Å²) in [5, 5.41) is 0. The highest BCUT2D eigenvalue weighted by Crippen LogP contribution is 2.23. The number of fused-ring (bicyclic) bond motifs is 1. The van der Waals surface area contributed by atoms with Crippen LogP contribution in [0.1, 0.15) is 11.5 Å². The molecule has 2 aromatic heterocycles. The third kappa shape index (κ3) is 2.13. The van der Waals surface area contributed by atoms with Crippen molar-refractivity contribution in [3.63, 3.8) is 0 Å². The van der Waals surface area contributed by atoms with Crippen molar-refractivity contribution in [2.75, 3.05) is 0 Å². The third-order valence-electron chi connectivity index (χ3n) is 2.34. The van der Waals surface area contributed by atoms with Gasteiger partial charge in [-0.3, -0.25) is 4.98 Å². The van der Waals surface area contributed by atoms with Crippen LogP contribution in [0, 0.1) is 11.8 Å². The lowest BCUT2D eigenvalue weighted by molar-refractivity contribution is 0.584. The zero-order chi connectivity index (χ0) is 12.4. The zero-order valence-corrected chi connectivity index (χ0v) is 10.8. The molecule has 3 nitrogen and oxygen atoms in total.